The second-order valence-electron chi connectivity index (χ2n) is 18.2. The maximum atomic E-state index is 15.2. The van der Waals surface area contributed by atoms with Crippen molar-refractivity contribution in [3.05, 3.63) is 191 Å². The van der Waals surface area contributed by atoms with Crippen molar-refractivity contribution in [2.75, 3.05) is 13.2 Å². The summed E-state index contributed by atoms with van der Waals surface area (Å²) in [5.74, 6) is -0.0294. The molecular formula is C61H50F2O4. The molecule has 6 heteroatoms. The number of ether oxygens (including phenoxy) is 2. The molecule has 4 nitrogen and oxygen atoms in total. The Bertz CT molecular complexity index is 3390. The summed E-state index contributed by atoms with van der Waals surface area (Å²) >= 11 is 0. The normalized spacial score (nSPS) is 11.6. The first-order valence-corrected chi connectivity index (χ1v) is 22.7. The molecule has 0 aliphatic rings. The van der Waals surface area contributed by atoms with E-state index in [9.17, 15) is 10.2 Å². The van der Waals surface area contributed by atoms with E-state index in [1.165, 1.54) is 24.3 Å². The van der Waals surface area contributed by atoms with E-state index in [1.54, 1.807) is 12.1 Å². The van der Waals surface area contributed by atoms with Crippen LogP contribution < -0.4 is 9.47 Å². The van der Waals surface area contributed by atoms with Crippen molar-refractivity contribution in [3.63, 3.8) is 0 Å². The number of phenolic OH excluding ortho intramolecular Hbond substituents is 2. The van der Waals surface area contributed by atoms with Gasteiger partial charge in [-0.05, 0) is 169 Å². The highest BCUT2D eigenvalue weighted by Gasteiger charge is 2.23. The van der Waals surface area contributed by atoms with Gasteiger partial charge in [0.15, 0.2) is 0 Å². The first-order valence-electron chi connectivity index (χ1n) is 22.7. The Labute approximate surface area is 389 Å². The summed E-state index contributed by atoms with van der Waals surface area (Å²) < 4.78 is 43.0. The molecule has 10 aromatic carbocycles. The van der Waals surface area contributed by atoms with Gasteiger partial charge >= 0.3 is 0 Å². The number of hydrogen-bond donors (Lipinski definition) is 2. The zero-order chi connectivity index (χ0) is 46.7. The Morgan fingerprint density at radius 2 is 0.731 bits per heavy atom. The third-order valence-electron chi connectivity index (χ3n) is 12.8. The Kier molecular flexibility index (Phi) is 11.1. The highest BCUT2D eigenvalue weighted by Crippen LogP contribution is 2.49. The molecule has 0 unspecified atom stereocenters. The van der Waals surface area contributed by atoms with Crippen LogP contribution in [-0.4, -0.2) is 23.4 Å². The lowest BCUT2D eigenvalue weighted by molar-refractivity contribution is 0.248. The van der Waals surface area contributed by atoms with E-state index in [1.807, 2.05) is 38.1 Å². The molecule has 10 aromatic rings. The summed E-state index contributed by atoms with van der Waals surface area (Å²) in [6.45, 7) is 12.6. The highest BCUT2D eigenvalue weighted by atomic mass is 19.1. The van der Waals surface area contributed by atoms with E-state index in [0.717, 1.165) is 87.6 Å². The quantitative estimate of drug-likeness (QED) is 0.106. The van der Waals surface area contributed by atoms with Gasteiger partial charge in [0, 0.05) is 50.9 Å². The number of aryl methyl sites for hydroxylation is 6. The molecule has 0 amide bonds. The van der Waals surface area contributed by atoms with E-state index < -0.39 is 11.6 Å². The fourth-order valence-electron chi connectivity index (χ4n) is 9.74. The predicted octanol–water partition coefficient (Wildman–Crippen LogP) is 16.4. The minimum atomic E-state index is -0.458. The van der Waals surface area contributed by atoms with Crippen LogP contribution in [0.2, 0.25) is 0 Å². The molecule has 67 heavy (non-hydrogen) atoms. The Balaban J connectivity index is 0.945. The zero-order valence-electron chi connectivity index (χ0n) is 38.4. The van der Waals surface area contributed by atoms with Crippen LogP contribution in [0.3, 0.4) is 0 Å². The van der Waals surface area contributed by atoms with Crippen molar-refractivity contribution < 1.29 is 28.5 Å². The summed E-state index contributed by atoms with van der Waals surface area (Å²) in [6, 6.07) is 46.1. The smallest absolute Gasteiger partial charge is 0.131 e. The van der Waals surface area contributed by atoms with E-state index in [4.69, 9.17) is 9.47 Å². The van der Waals surface area contributed by atoms with Gasteiger partial charge < -0.3 is 19.7 Å². The number of halogens is 2. The second-order valence-corrected chi connectivity index (χ2v) is 18.2. The second kappa shape index (κ2) is 17.3. The molecule has 0 fully saturated rings. The van der Waals surface area contributed by atoms with Crippen molar-refractivity contribution in [2.45, 2.75) is 48.0 Å². The maximum Gasteiger partial charge on any atom is 0.131 e. The molecule has 332 valence electrons. The number of phenols is 2. The zero-order valence-corrected chi connectivity index (χ0v) is 38.4. The minimum Gasteiger partial charge on any atom is -0.507 e. The molecule has 0 aliphatic carbocycles. The number of benzene rings is 10. The summed E-state index contributed by atoms with van der Waals surface area (Å²) in [4.78, 5) is 0. The molecule has 0 aromatic heterocycles. The first-order chi connectivity index (χ1) is 32.3. The fraction of sp³-hybridized carbons (Fsp3) is 0.148. The van der Waals surface area contributed by atoms with Gasteiger partial charge in [-0.25, -0.2) is 8.78 Å². The van der Waals surface area contributed by atoms with Gasteiger partial charge in [0.05, 0.1) is 13.2 Å². The molecule has 0 spiro atoms. The number of hydrogen-bond acceptors (Lipinski definition) is 4. The van der Waals surface area contributed by atoms with E-state index >= 15 is 8.78 Å². The average molecular weight is 885 g/mol. The average Bonchev–Trinajstić information content (AvgIpc) is 3.29. The van der Waals surface area contributed by atoms with Crippen molar-refractivity contribution >= 4 is 43.1 Å². The van der Waals surface area contributed by atoms with E-state index in [2.05, 4.69) is 113 Å². The van der Waals surface area contributed by atoms with Crippen molar-refractivity contribution in [2.24, 2.45) is 0 Å². The lowest BCUT2D eigenvalue weighted by atomic mass is 9.87. The van der Waals surface area contributed by atoms with Gasteiger partial charge in [-0.2, -0.15) is 0 Å². The molecule has 10 rings (SSSR count). The van der Waals surface area contributed by atoms with Crippen molar-refractivity contribution in [3.8, 4) is 67.5 Å². The lowest BCUT2D eigenvalue weighted by Gasteiger charge is -2.19. The van der Waals surface area contributed by atoms with Gasteiger partial charge in [-0.15, -0.1) is 0 Å². The van der Waals surface area contributed by atoms with Gasteiger partial charge in [-0.1, -0.05) is 95.1 Å². The topological polar surface area (TPSA) is 58.9 Å². The van der Waals surface area contributed by atoms with Crippen LogP contribution in [0.4, 0.5) is 8.78 Å². The summed E-state index contributed by atoms with van der Waals surface area (Å²) in [7, 11) is 0. The van der Waals surface area contributed by atoms with E-state index in [0.29, 0.717) is 51.3 Å². The molecule has 0 bridgehead atoms. The highest BCUT2D eigenvalue weighted by molar-refractivity contribution is 6.16. The summed E-state index contributed by atoms with van der Waals surface area (Å²) in [5.41, 5.74) is 11.2. The van der Waals surface area contributed by atoms with Crippen LogP contribution in [-0.2, 0) is 0 Å². The van der Waals surface area contributed by atoms with Crippen LogP contribution in [0.25, 0.3) is 87.6 Å². The van der Waals surface area contributed by atoms with Crippen molar-refractivity contribution in [1.29, 1.82) is 0 Å². The van der Waals surface area contributed by atoms with Gasteiger partial charge in [-0.3, -0.25) is 0 Å². The third-order valence-corrected chi connectivity index (χ3v) is 12.8. The fourth-order valence-corrected chi connectivity index (χ4v) is 9.74. The van der Waals surface area contributed by atoms with Gasteiger partial charge in [0.25, 0.3) is 0 Å². The van der Waals surface area contributed by atoms with Crippen LogP contribution in [0, 0.1) is 53.2 Å². The maximum absolute atomic E-state index is 15.2. The van der Waals surface area contributed by atoms with Crippen LogP contribution in [0.1, 0.15) is 39.8 Å². The monoisotopic (exact) mass is 884 g/mol. The molecule has 2 N–H and O–H groups in total. The number of aromatic hydroxyl groups is 2. The van der Waals surface area contributed by atoms with Crippen LogP contribution >= 0.6 is 0 Å². The molecule has 0 atom stereocenters. The summed E-state index contributed by atoms with van der Waals surface area (Å²) in [6.07, 6.45) is 0.422. The van der Waals surface area contributed by atoms with E-state index in [-0.39, 0.29) is 24.7 Å². The Hall–Kier alpha value is -7.70. The Morgan fingerprint density at radius 1 is 0.343 bits per heavy atom. The lowest BCUT2D eigenvalue weighted by Crippen LogP contribution is -2.06. The SMILES string of the molecule is Cc1cc(-c2cc(F)ccc2OCCCOc2ccc(F)cc2-c2cc(C)cc(-c3c4ccc(C)cc4cc4ccc(C)cc34)c2O)c(O)c(-c2c3ccc(C)cc3cc3ccc(C)cc23)c1. The number of rotatable bonds is 10. The molecule has 0 aliphatic heterocycles. The van der Waals surface area contributed by atoms with Crippen LogP contribution in [0.5, 0.6) is 23.0 Å². The third kappa shape index (κ3) is 8.18. The number of fused-ring (bicyclic) bond motifs is 4. The van der Waals surface area contributed by atoms with Gasteiger partial charge in [0.1, 0.15) is 34.6 Å². The molecule has 0 radical (unpaired) electrons. The van der Waals surface area contributed by atoms with Gasteiger partial charge in [0.2, 0.25) is 0 Å². The molecule has 0 heterocycles. The molecule has 0 saturated heterocycles. The van der Waals surface area contributed by atoms with Crippen LogP contribution in [0.15, 0.2) is 146 Å². The largest absolute Gasteiger partial charge is 0.507 e. The molecule has 0 saturated carbocycles. The Morgan fingerprint density at radius 3 is 1.16 bits per heavy atom. The molecular weight excluding hydrogens is 835 g/mol. The first kappa shape index (κ1) is 43.2. The summed E-state index contributed by atoms with van der Waals surface area (Å²) in [5, 5.41) is 32.8. The van der Waals surface area contributed by atoms with Crippen molar-refractivity contribution in [1.82, 2.24) is 0 Å². The standard InChI is InChI=1S/C61H50F2O4/c1-34-10-16-46-42(22-34)30-40-12-8-36(3)24-48(40)58(46)54-28-38(5)26-52(60(54)64)50-32-44(62)14-18-56(50)66-20-7-21-67-57-19-15-45(63)33-51(57)53-27-39(6)29-55(61(53)65)59-47-17-11-35(2)23-43(47)31-41-13-9-37(4)25-49(41)59/h8-19,22-33,64-65H,7,20-21H2,1-6H3. The predicted molar refractivity (Wildman–Crippen MR) is 272 cm³/mol. The minimum absolute atomic E-state index is 0.0329.